The van der Waals surface area contributed by atoms with Gasteiger partial charge in [0.05, 0.1) is 24.2 Å². The Hall–Kier alpha value is -1.28. The number of methoxy groups -OCH3 is 1. The maximum Gasteiger partial charge on any atom is 0.315 e. The lowest BCUT2D eigenvalue weighted by atomic mass is 9.43. The van der Waals surface area contributed by atoms with Crippen molar-refractivity contribution in [1.82, 2.24) is 0 Å². The molecule has 1 saturated heterocycles. The Morgan fingerprint density at radius 1 is 1.29 bits per heavy atom. The van der Waals surface area contributed by atoms with Crippen molar-refractivity contribution in [3.63, 3.8) is 0 Å². The molecule has 7 heteroatoms. The van der Waals surface area contributed by atoms with Gasteiger partial charge in [-0.3, -0.25) is 4.79 Å². The normalized spacial score (nSPS) is 51.4. The van der Waals surface area contributed by atoms with Gasteiger partial charge in [-0.2, -0.15) is 0 Å². The van der Waals surface area contributed by atoms with E-state index in [4.69, 9.17) is 14.2 Å². The van der Waals surface area contributed by atoms with Gasteiger partial charge in [-0.15, -0.1) is 0 Å². The Morgan fingerprint density at radius 2 is 2.03 bits per heavy atom. The lowest BCUT2D eigenvalue weighted by Gasteiger charge is -2.58. The summed E-state index contributed by atoms with van der Waals surface area (Å²) >= 11 is 0. The number of hydrogen-bond donors (Lipinski definition) is 2. The number of fused-ring (bicyclic) bond motifs is 2. The van der Waals surface area contributed by atoms with Crippen LogP contribution in [-0.4, -0.2) is 60.8 Å². The second-order valence-corrected chi connectivity index (χ2v) is 12.1. The minimum absolute atomic E-state index is 0.0124. The van der Waals surface area contributed by atoms with Gasteiger partial charge in [0.25, 0.3) is 0 Å². The van der Waals surface area contributed by atoms with Crippen LogP contribution in [0.15, 0.2) is 11.6 Å². The summed E-state index contributed by atoms with van der Waals surface area (Å²) in [6.45, 7) is 8.40. The van der Waals surface area contributed by atoms with E-state index in [-0.39, 0.29) is 36.9 Å². The van der Waals surface area contributed by atoms with Crippen LogP contribution in [0.1, 0.15) is 59.8 Å². The first-order valence-corrected chi connectivity index (χ1v) is 13.0. The first-order chi connectivity index (χ1) is 16.1. The number of carbonyl (C=O) groups is 2. The summed E-state index contributed by atoms with van der Waals surface area (Å²) in [5, 5.41) is 21.6. The summed E-state index contributed by atoms with van der Waals surface area (Å²) in [5.74, 6) is 0.0313. The lowest BCUT2D eigenvalue weighted by Crippen LogP contribution is -2.63. The Balaban J connectivity index is 1.55. The number of rotatable bonds is 7. The highest BCUT2D eigenvalue weighted by Gasteiger charge is 2.84. The van der Waals surface area contributed by atoms with Crippen molar-refractivity contribution in [3.05, 3.63) is 11.6 Å². The van der Waals surface area contributed by atoms with E-state index in [1.807, 2.05) is 20.8 Å². The molecular formula is C27H40O7. The Labute approximate surface area is 202 Å². The van der Waals surface area contributed by atoms with Gasteiger partial charge >= 0.3 is 5.97 Å². The fourth-order valence-electron chi connectivity index (χ4n) is 9.35. The van der Waals surface area contributed by atoms with Crippen molar-refractivity contribution in [2.45, 2.75) is 84.4 Å². The van der Waals surface area contributed by atoms with E-state index < -0.39 is 40.7 Å². The van der Waals surface area contributed by atoms with E-state index in [1.54, 1.807) is 7.11 Å². The predicted octanol–water partition coefficient (Wildman–Crippen LogP) is 3.44. The number of hydrogen-bond acceptors (Lipinski definition) is 6. The molecule has 5 rings (SSSR count). The predicted molar refractivity (Wildman–Crippen MR) is 124 cm³/mol. The average molecular weight is 477 g/mol. The third kappa shape index (κ3) is 2.78. The number of carboxylic acid groups (broad SMARTS) is 1. The first-order valence-electron chi connectivity index (χ1n) is 13.0. The lowest BCUT2D eigenvalue weighted by molar-refractivity contribution is -0.266. The monoisotopic (exact) mass is 476 g/mol. The summed E-state index contributed by atoms with van der Waals surface area (Å²) in [7, 11) is 1.56. The van der Waals surface area contributed by atoms with E-state index in [2.05, 4.69) is 13.0 Å². The molecule has 34 heavy (non-hydrogen) atoms. The SMILES string of the molecule is CO[C@H]1[C@@H](O)C[C@H](OCC23CC4C(C)CCC4C4(C=O)CC2C=C(C(C)C)C43C(=O)O)O[C@@H]1C. The molecule has 3 saturated carbocycles. The third-order valence-corrected chi connectivity index (χ3v) is 10.6. The van der Waals surface area contributed by atoms with Crippen LogP contribution in [-0.2, 0) is 23.8 Å². The van der Waals surface area contributed by atoms with Crippen LogP contribution in [0.4, 0.5) is 0 Å². The molecular weight excluding hydrogens is 436 g/mol. The van der Waals surface area contributed by atoms with Crippen LogP contribution >= 0.6 is 0 Å². The number of allylic oxidation sites excluding steroid dienone is 1. The molecule has 0 aromatic rings. The second-order valence-electron chi connectivity index (χ2n) is 12.1. The molecule has 2 N–H and O–H groups in total. The number of aliphatic hydroxyl groups is 1. The van der Waals surface area contributed by atoms with Crippen LogP contribution in [0, 0.1) is 45.8 Å². The van der Waals surface area contributed by atoms with E-state index in [1.165, 1.54) is 0 Å². The fourth-order valence-corrected chi connectivity index (χ4v) is 9.35. The minimum Gasteiger partial charge on any atom is -0.481 e. The van der Waals surface area contributed by atoms with E-state index >= 15 is 0 Å². The van der Waals surface area contributed by atoms with Gasteiger partial charge in [-0.1, -0.05) is 38.8 Å². The zero-order valence-electron chi connectivity index (χ0n) is 21.0. The van der Waals surface area contributed by atoms with Crippen LogP contribution < -0.4 is 0 Å². The largest absolute Gasteiger partial charge is 0.481 e. The van der Waals surface area contributed by atoms with E-state index in [9.17, 15) is 19.8 Å². The zero-order chi connectivity index (χ0) is 24.6. The molecule has 1 heterocycles. The summed E-state index contributed by atoms with van der Waals surface area (Å²) in [5.41, 5.74) is -1.92. The van der Waals surface area contributed by atoms with Crippen molar-refractivity contribution >= 4 is 12.3 Å². The van der Waals surface area contributed by atoms with Gasteiger partial charge in [0.15, 0.2) is 6.29 Å². The van der Waals surface area contributed by atoms with Gasteiger partial charge < -0.3 is 29.2 Å². The average Bonchev–Trinajstić information content (AvgIpc) is 3.35. The van der Waals surface area contributed by atoms with Gasteiger partial charge in [0, 0.05) is 18.9 Å². The summed E-state index contributed by atoms with van der Waals surface area (Å²) in [6.07, 6.45) is 4.68. The molecule has 0 aromatic carbocycles. The van der Waals surface area contributed by atoms with Gasteiger partial charge in [-0.25, -0.2) is 0 Å². The van der Waals surface area contributed by atoms with Crippen molar-refractivity contribution in [2.75, 3.05) is 13.7 Å². The fraction of sp³-hybridized carbons (Fsp3) is 0.852. The van der Waals surface area contributed by atoms with Crippen molar-refractivity contribution in [3.8, 4) is 0 Å². The molecule has 1 aliphatic heterocycles. The number of carboxylic acids is 1. The Kier molecular flexibility index (Phi) is 5.83. The van der Waals surface area contributed by atoms with Crippen LogP contribution in [0.3, 0.4) is 0 Å². The van der Waals surface area contributed by atoms with Crippen molar-refractivity contribution in [1.29, 1.82) is 0 Å². The summed E-state index contributed by atoms with van der Waals surface area (Å²) in [4.78, 5) is 26.5. The maximum absolute atomic E-state index is 13.4. The summed E-state index contributed by atoms with van der Waals surface area (Å²) < 4.78 is 17.8. The quantitative estimate of drug-likeness (QED) is 0.429. The number of aliphatic carboxylic acids is 1. The second kappa shape index (κ2) is 8.12. The van der Waals surface area contributed by atoms with Gasteiger partial charge in [-0.05, 0) is 55.8 Å². The van der Waals surface area contributed by atoms with Crippen LogP contribution in [0.5, 0.6) is 0 Å². The minimum atomic E-state index is -1.25. The smallest absolute Gasteiger partial charge is 0.315 e. The molecule has 4 bridgehead atoms. The number of carbonyl (C=O) groups excluding carboxylic acids is 1. The number of aldehydes is 1. The molecule has 7 unspecified atom stereocenters. The molecule has 190 valence electrons. The molecule has 0 spiro atoms. The number of ether oxygens (including phenoxy) is 3. The topological polar surface area (TPSA) is 102 Å². The molecule has 0 radical (unpaired) electrons. The Morgan fingerprint density at radius 3 is 2.62 bits per heavy atom. The molecule has 5 aliphatic rings. The van der Waals surface area contributed by atoms with Crippen LogP contribution in [0.2, 0.25) is 0 Å². The third-order valence-electron chi connectivity index (χ3n) is 10.6. The highest BCUT2D eigenvalue weighted by molar-refractivity contribution is 5.90. The molecule has 4 fully saturated rings. The molecule has 11 atom stereocenters. The molecule has 4 aliphatic carbocycles. The standard InChI is InChI=1S/C27H40O7/c1-14(2)20-8-17-10-25(12-28)19-7-6-15(3)18(19)11-26(17,27(20,25)24(30)31)13-33-22-9-21(29)23(32-5)16(4)34-22/h8,12,14-19,21-23,29H,6-7,9-11,13H2,1-5H3,(H,30,31)/t15?,16-,17?,18?,19?,21+,22-,23-,25?,26?,27?/m1/s1. The van der Waals surface area contributed by atoms with Gasteiger partial charge in [0.1, 0.15) is 17.8 Å². The zero-order valence-corrected chi connectivity index (χ0v) is 21.0. The molecule has 0 amide bonds. The highest BCUT2D eigenvalue weighted by atomic mass is 16.7. The Bertz CT molecular complexity index is 872. The van der Waals surface area contributed by atoms with Crippen molar-refractivity contribution in [2.24, 2.45) is 45.8 Å². The van der Waals surface area contributed by atoms with Crippen molar-refractivity contribution < 1.29 is 34.0 Å². The highest BCUT2D eigenvalue weighted by Crippen LogP contribution is 2.82. The number of aliphatic hydroxyl groups excluding tert-OH is 1. The van der Waals surface area contributed by atoms with E-state index in [0.717, 1.165) is 31.1 Å². The maximum atomic E-state index is 13.4. The van der Waals surface area contributed by atoms with Crippen LogP contribution in [0.25, 0.3) is 0 Å². The summed E-state index contributed by atoms with van der Waals surface area (Å²) in [6, 6.07) is 0. The van der Waals surface area contributed by atoms with Gasteiger partial charge in [0.2, 0.25) is 0 Å². The first kappa shape index (κ1) is 24.4. The molecule has 0 aromatic heterocycles. The van der Waals surface area contributed by atoms with E-state index in [0.29, 0.717) is 18.3 Å². The molecule has 7 nitrogen and oxygen atoms in total.